The molecule has 0 aliphatic carbocycles. The molecule has 0 atom stereocenters. The number of benzene rings is 2. The van der Waals surface area contributed by atoms with Crippen molar-refractivity contribution in [2.45, 2.75) is 46.6 Å². The van der Waals surface area contributed by atoms with Gasteiger partial charge in [0.15, 0.2) is 5.96 Å². The summed E-state index contributed by atoms with van der Waals surface area (Å²) < 4.78 is 18.6. The molecule has 0 amide bonds. The van der Waals surface area contributed by atoms with Crippen LogP contribution in [0.5, 0.6) is 0 Å². The Bertz CT molecular complexity index is 705. The normalized spacial score (nSPS) is 11.2. The minimum absolute atomic E-state index is 0. The van der Waals surface area contributed by atoms with E-state index in [4.69, 9.17) is 4.74 Å². The molecular weight excluding hydrogens is 456 g/mol. The van der Waals surface area contributed by atoms with E-state index in [1.807, 2.05) is 26.8 Å². The van der Waals surface area contributed by atoms with Gasteiger partial charge in [-0.15, -0.1) is 24.0 Å². The molecule has 2 rings (SSSR count). The maximum atomic E-state index is 13.0. The summed E-state index contributed by atoms with van der Waals surface area (Å²) in [7, 11) is 0. The van der Waals surface area contributed by atoms with Gasteiger partial charge in [0.1, 0.15) is 5.82 Å². The van der Waals surface area contributed by atoms with Crippen molar-refractivity contribution in [1.29, 1.82) is 0 Å². The fourth-order valence-corrected chi connectivity index (χ4v) is 2.38. The second-order valence-corrected chi connectivity index (χ2v) is 6.35. The number of rotatable bonds is 8. The number of halogens is 2. The average molecular weight is 485 g/mol. The van der Waals surface area contributed by atoms with E-state index in [9.17, 15) is 4.39 Å². The molecule has 0 unspecified atom stereocenters. The molecule has 6 heteroatoms. The second kappa shape index (κ2) is 12.7. The van der Waals surface area contributed by atoms with Crippen molar-refractivity contribution in [2.24, 2.45) is 4.99 Å². The van der Waals surface area contributed by atoms with Crippen molar-refractivity contribution in [2.75, 3.05) is 6.54 Å². The van der Waals surface area contributed by atoms with E-state index in [0.29, 0.717) is 19.7 Å². The van der Waals surface area contributed by atoms with Crippen LogP contribution < -0.4 is 10.6 Å². The lowest BCUT2D eigenvalue weighted by atomic mass is 10.1. The van der Waals surface area contributed by atoms with Gasteiger partial charge in [-0.25, -0.2) is 9.38 Å². The number of ether oxygens (including phenoxy) is 1. The molecule has 0 aliphatic heterocycles. The molecular formula is C21H29FIN3O. The standard InChI is InChI=1S/C21H28FN3O.HI/c1-4-23-21(24-13-17-8-10-20(22)11-9-17)25-14-18-6-5-7-19(12-18)15-26-16(2)3;/h5-12,16H,4,13-15H2,1-3H3,(H2,23,24,25);1H. The first kappa shape index (κ1) is 23.4. The third-order valence-electron chi connectivity index (χ3n) is 3.71. The highest BCUT2D eigenvalue weighted by Crippen LogP contribution is 2.09. The predicted molar refractivity (Wildman–Crippen MR) is 120 cm³/mol. The molecule has 0 radical (unpaired) electrons. The first-order chi connectivity index (χ1) is 12.6. The van der Waals surface area contributed by atoms with Gasteiger partial charge in [-0.1, -0.05) is 36.4 Å². The Kier molecular flexibility index (Phi) is 11.0. The molecule has 0 aliphatic rings. The van der Waals surface area contributed by atoms with Crippen LogP contribution in [-0.4, -0.2) is 18.6 Å². The highest BCUT2D eigenvalue weighted by molar-refractivity contribution is 14.0. The molecule has 0 saturated heterocycles. The van der Waals surface area contributed by atoms with Gasteiger partial charge >= 0.3 is 0 Å². The Morgan fingerprint density at radius 3 is 2.41 bits per heavy atom. The number of guanidine groups is 1. The first-order valence-electron chi connectivity index (χ1n) is 9.03. The fraction of sp³-hybridized carbons (Fsp3) is 0.381. The predicted octanol–water partition coefficient (Wildman–Crippen LogP) is 4.62. The Labute approximate surface area is 178 Å². The lowest BCUT2D eigenvalue weighted by Crippen LogP contribution is -2.36. The summed E-state index contributed by atoms with van der Waals surface area (Å²) in [5.74, 6) is 0.510. The molecule has 0 bridgehead atoms. The maximum Gasteiger partial charge on any atom is 0.191 e. The lowest BCUT2D eigenvalue weighted by molar-refractivity contribution is 0.0657. The number of hydrogen-bond acceptors (Lipinski definition) is 2. The van der Waals surface area contributed by atoms with Crippen molar-refractivity contribution in [3.8, 4) is 0 Å². The number of hydrogen-bond donors (Lipinski definition) is 2. The SMILES string of the molecule is CCNC(=NCc1cccc(COC(C)C)c1)NCc1ccc(F)cc1.I. The Hall–Kier alpha value is -1.67. The summed E-state index contributed by atoms with van der Waals surface area (Å²) in [6, 6.07) is 14.7. The van der Waals surface area contributed by atoms with Crippen LogP contribution in [0.3, 0.4) is 0 Å². The summed E-state index contributed by atoms with van der Waals surface area (Å²) >= 11 is 0. The summed E-state index contributed by atoms with van der Waals surface area (Å²) in [5, 5.41) is 6.50. The van der Waals surface area contributed by atoms with Crippen LogP contribution in [0.1, 0.15) is 37.5 Å². The topological polar surface area (TPSA) is 45.7 Å². The van der Waals surface area contributed by atoms with E-state index < -0.39 is 0 Å². The highest BCUT2D eigenvalue weighted by atomic mass is 127. The monoisotopic (exact) mass is 485 g/mol. The molecule has 148 valence electrons. The fourth-order valence-electron chi connectivity index (χ4n) is 2.38. The van der Waals surface area contributed by atoms with Crippen LogP contribution in [0.2, 0.25) is 0 Å². The van der Waals surface area contributed by atoms with Gasteiger partial charge < -0.3 is 15.4 Å². The average Bonchev–Trinajstić information content (AvgIpc) is 2.64. The number of aliphatic imine (C=N–C) groups is 1. The number of nitrogens with one attached hydrogen (secondary N) is 2. The molecule has 0 heterocycles. The summed E-state index contributed by atoms with van der Waals surface area (Å²) in [4.78, 5) is 4.63. The van der Waals surface area contributed by atoms with Crippen molar-refractivity contribution in [3.63, 3.8) is 0 Å². The van der Waals surface area contributed by atoms with Gasteiger partial charge in [0.05, 0.1) is 19.3 Å². The maximum absolute atomic E-state index is 13.0. The minimum Gasteiger partial charge on any atom is -0.374 e. The van der Waals surface area contributed by atoms with E-state index in [0.717, 1.165) is 29.2 Å². The highest BCUT2D eigenvalue weighted by Gasteiger charge is 2.01. The largest absolute Gasteiger partial charge is 0.374 e. The van der Waals surface area contributed by atoms with Crippen LogP contribution in [0.4, 0.5) is 4.39 Å². The molecule has 27 heavy (non-hydrogen) atoms. The van der Waals surface area contributed by atoms with Gasteiger partial charge in [-0.3, -0.25) is 0 Å². The van der Waals surface area contributed by atoms with Crippen molar-refractivity contribution < 1.29 is 9.13 Å². The molecule has 4 nitrogen and oxygen atoms in total. The molecule has 0 aromatic heterocycles. The van der Waals surface area contributed by atoms with E-state index >= 15 is 0 Å². The van der Waals surface area contributed by atoms with E-state index in [-0.39, 0.29) is 35.9 Å². The van der Waals surface area contributed by atoms with Crippen molar-refractivity contribution >= 4 is 29.9 Å². The van der Waals surface area contributed by atoms with Gasteiger partial charge in [-0.2, -0.15) is 0 Å². The third kappa shape index (κ3) is 9.19. The molecule has 2 aromatic carbocycles. The Balaban J connectivity index is 0.00000364. The molecule has 0 saturated carbocycles. The van der Waals surface area contributed by atoms with Crippen molar-refractivity contribution in [3.05, 3.63) is 71.0 Å². The van der Waals surface area contributed by atoms with Crippen molar-refractivity contribution in [1.82, 2.24) is 10.6 Å². The van der Waals surface area contributed by atoms with Gasteiger partial charge in [0.2, 0.25) is 0 Å². The second-order valence-electron chi connectivity index (χ2n) is 6.35. The number of nitrogens with zero attached hydrogens (tertiary/aromatic N) is 1. The Morgan fingerprint density at radius 2 is 1.74 bits per heavy atom. The zero-order chi connectivity index (χ0) is 18.8. The Morgan fingerprint density at radius 1 is 1.04 bits per heavy atom. The summed E-state index contributed by atoms with van der Waals surface area (Å²) in [6.45, 7) is 8.64. The van der Waals surface area contributed by atoms with E-state index in [1.54, 1.807) is 12.1 Å². The van der Waals surface area contributed by atoms with E-state index in [2.05, 4.69) is 33.8 Å². The molecule has 2 N–H and O–H groups in total. The quantitative estimate of drug-likeness (QED) is 0.326. The molecule has 0 spiro atoms. The van der Waals surface area contributed by atoms with Gasteiger partial charge in [0, 0.05) is 13.1 Å². The summed E-state index contributed by atoms with van der Waals surface area (Å²) in [5.41, 5.74) is 3.29. The zero-order valence-corrected chi connectivity index (χ0v) is 18.5. The van der Waals surface area contributed by atoms with Crippen LogP contribution in [0.25, 0.3) is 0 Å². The van der Waals surface area contributed by atoms with Gasteiger partial charge in [0.25, 0.3) is 0 Å². The smallest absolute Gasteiger partial charge is 0.191 e. The molecule has 2 aromatic rings. The van der Waals surface area contributed by atoms with Crippen LogP contribution in [0.15, 0.2) is 53.5 Å². The van der Waals surface area contributed by atoms with Crippen LogP contribution in [0, 0.1) is 5.82 Å². The zero-order valence-electron chi connectivity index (χ0n) is 16.2. The van der Waals surface area contributed by atoms with Crippen LogP contribution >= 0.6 is 24.0 Å². The van der Waals surface area contributed by atoms with Crippen LogP contribution in [-0.2, 0) is 24.4 Å². The van der Waals surface area contributed by atoms with E-state index in [1.165, 1.54) is 12.1 Å². The molecule has 0 fully saturated rings. The summed E-state index contributed by atoms with van der Waals surface area (Å²) in [6.07, 6.45) is 0.215. The lowest BCUT2D eigenvalue weighted by Gasteiger charge is -2.12. The minimum atomic E-state index is -0.226. The van der Waals surface area contributed by atoms with Gasteiger partial charge in [-0.05, 0) is 49.6 Å². The first-order valence-corrected chi connectivity index (χ1v) is 9.03. The third-order valence-corrected chi connectivity index (χ3v) is 3.71.